The van der Waals surface area contributed by atoms with Gasteiger partial charge < -0.3 is 0 Å². The van der Waals surface area contributed by atoms with E-state index < -0.39 is 0 Å². The first-order valence-electron chi connectivity index (χ1n) is 2.41. The molecule has 0 aromatic carbocycles. The van der Waals surface area contributed by atoms with Crippen molar-refractivity contribution in [2.75, 3.05) is 0 Å². The van der Waals surface area contributed by atoms with Crippen molar-refractivity contribution in [1.29, 1.82) is 0 Å². The van der Waals surface area contributed by atoms with Crippen LogP contribution in [0.1, 0.15) is 42.0 Å². The molecule has 0 N–H and O–H groups in total. The monoisotopic (exact) mass is 89.1 g/mol. The summed E-state index contributed by atoms with van der Waals surface area (Å²) >= 11 is 0. The summed E-state index contributed by atoms with van der Waals surface area (Å²) in [6, 6.07) is 0. The fraction of sp³-hybridized carbons (Fsp3) is 1.00. The van der Waals surface area contributed by atoms with E-state index in [1.165, 1.54) is 19.3 Å². The van der Waals surface area contributed by atoms with Gasteiger partial charge in [-0.3, -0.25) is 0 Å². The number of rotatable bonds is 2. The Morgan fingerprint density at radius 1 is 1.17 bits per heavy atom. The maximum absolute atomic E-state index is 2.21. The lowest BCUT2D eigenvalue weighted by Gasteiger charge is -1.79. The summed E-state index contributed by atoms with van der Waals surface area (Å²) in [4.78, 5) is 0. The summed E-state index contributed by atoms with van der Waals surface area (Å²) in [5.74, 6) is 0. The average Bonchev–Trinajstić information content (AvgIpc) is 1.41. The van der Waals surface area contributed by atoms with Crippen LogP contribution in [-0.4, -0.2) is 0 Å². The summed E-state index contributed by atoms with van der Waals surface area (Å²) in [7, 11) is 0. The van der Waals surface area contributed by atoms with Crippen LogP contribution < -0.4 is 0 Å². The molecule has 0 aromatic rings. The zero-order chi connectivity index (χ0) is 4.12. The zero-order valence-corrected chi connectivity index (χ0v) is 4.12. The van der Waals surface area contributed by atoms with E-state index in [2.05, 4.69) is 13.8 Å². The highest BCUT2D eigenvalue weighted by Gasteiger charge is 1.68. The lowest BCUT2D eigenvalue weighted by molar-refractivity contribution is 0.772. The van der Waals surface area contributed by atoms with Crippen LogP contribution in [0.2, 0.25) is 0 Å². The van der Waals surface area contributed by atoms with E-state index in [9.17, 15) is 0 Å². The predicted octanol–water partition coefficient (Wildman–Crippen LogP) is 2.95. The Morgan fingerprint density at radius 2 is 1.50 bits per heavy atom. The lowest BCUT2D eigenvalue weighted by atomic mass is 10.3. The second kappa shape index (κ2) is 8.89. The van der Waals surface area contributed by atoms with Crippen molar-refractivity contribution in [3.05, 3.63) is 0 Å². The zero-order valence-electron chi connectivity index (χ0n) is 5.12. The SMILES string of the molecule is C.CCCCC.[H+]. The van der Waals surface area contributed by atoms with Gasteiger partial charge in [0.15, 0.2) is 0 Å². The van der Waals surface area contributed by atoms with Gasteiger partial charge in [0.25, 0.3) is 0 Å². The van der Waals surface area contributed by atoms with E-state index in [-0.39, 0.29) is 8.85 Å². The molecular formula is C6H17+. The van der Waals surface area contributed by atoms with E-state index in [4.69, 9.17) is 0 Å². The minimum absolute atomic E-state index is 0. The fourth-order valence-electron chi connectivity index (χ4n) is 0.354. The molecule has 0 amide bonds. The molecule has 0 fully saturated rings. The number of unbranched alkanes of at least 4 members (excludes halogenated alkanes) is 2. The van der Waals surface area contributed by atoms with Gasteiger partial charge in [-0.2, -0.15) is 0 Å². The molecule has 40 valence electrons. The Labute approximate surface area is 43.1 Å². The third kappa shape index (κ3) is 9.00. The molecule has 0 heteroatoms. The van der Waals surface area contributed by atoms with Gasteiger partial charge in [0.05, 0.1) is 0 Å². The van der Waals surface area contributed by atoms with Crippen molar-refractivity contribution in [2.45, 2.75) is 40.5 Å². The van der Waals surface area contributed by atoms with Crippen LogP contribution in [0.5, 0.6) is 0 Å². The maximum Gasteiger partial charge on any atom is 1.00 e. The molecule has 0 aliphatic carbocycles. The molecular weight excluding hydrogens is 72.1 g/mol. The molecule has 0 rings (SSSR count). The van der Waals surface area contributed by atoms with Crippen LogP contribution in [0.4, 0.5) is 0 Å². The highest BCUT2D eigenvalue weighted by molar-refractivity contribution is 4.24. The Morgan fingerprint density at radius 3 is 1.50 bits per heavy atom. The topological polar surface area (TPSA) is 0 Å². The van der Waals surface area contributed by atoms with E-state index >= 15 is 0 Å². The third-order valence-corrected chi connectivity index (χ3v) is 0.707. The molecule has 6 heavy (non-hydrogen) atoms. The van der Waals surface area contributed by atoms with Gasteiger partial charge in [0.2, 0.25) is 0 Å². The average molecular weight is 89.2 g/mol. The molecule has 0 aliphatic heterocycles. The second-order valence-corrected chi connectivity index (χ2v) is 1.35. The number of hydrogen-bond donors (Lipinski definition) is 0. The van der Waals surface area contributed by atoms with E-state index in [1.807, 2.05) is 0 Å². The summed E-state index contributed by atoms with van der Waals surface area (Å²) in [6.45, 7) is 4.42. The van der Waals surface area contributed by atoms with Gasteiger partial charge in [0.1, 0.15) is 0 Å². The lowest BCUT2D eigenvalue weighted by Crippen LogP contribution is -1.59. The first-order valence-corrected chi connectivity index (χ1v) is 2.41. The first-order chi connectivity index (χ1) is 2.41. The van der Waals surface area contributed by atoms with Crippen molar-refractivity contribution >= 4 is 0 Å². The standard InChI is InChI=1S/C5H12.CH4/c1-3-5-4-2;/h3-5H2,1-2H3;1H4/p+1. The normalized spacial score (nSPS) is 7.00. The molecule has 0 radical (unpaired) electrons. The van der Waals surface area contributed by atoms with Gasteiger partial charge in [0, 0.05) is 0 Å². The number of hydrogen-bond acceptors (Lipinski definition) is 0. The van der Waals surface area contributed by atoms with Gasteiger partial charge in [-0.25, -0.2) is 0 Å². The van der Waals surface area contributed by atoms with Crippen LogP contribution in [0.15, 0.2) is 0 Å². The van der Waals surface area contributed by atoms with Crippen LogP contribution in [0.3, 0.4) is 0 Å². The quantitative estimate of drug-likeness (QED) is 0.488. The van der Waals surface area contributed by atoms with Crippen LogP contribution in [-0.2, 0) is 0 Å². The molecule has 0 saturated carbocycles. The molecule has 0 heterocycles. The molecule has 0 atom stereocenters. The summed E-state index contributed by atoms with van der Waals surface area (Å²) < 4.78 is 0. The molecule has 0 unspecified atom stereocenters. The van der Waals surface area contributed by atoms with E-state index in [0.717, 1.165) is 0 Å². The summed E-state index contributed by atoms with van der Waals surface area (Å²) in [5, 5.41) is 0. The molecule has 0 aromatic heterocycles. The van der Waals surface area contributed by atoms with Crippen LogP contribution in [0.25, 0.3) is 0 Å². The molecule has 0 spiro atoms. The highest BCUT2D eigenvalue weighted by atomic mass is 13.7. The van der Waals surface area contributed by atoms with Crippen molar-refractivity contribution in [3.63, 3.8) is 0 Å². The Balaban J connectivity index is -0.0000000800. The largest absolute Gasteiger partial charge is 1.00 e. The molecule has 0 nitrogen and oxygen atoms in total. The van der Waals surface area contributed by atoms with Crippen LogP contribution in [0, 0.1) is 0 Å². The second-order valence-electron chi connectivity index (χ2n) is 1.35. The van der Waals surface area contributed by atoms with Gasteiger partial charge >= 0.3 is 1.43 Å². The Kier molecular flexibility index (Phi) is 13.9. The van der Waals surface area contributed by atoms with Crippen molar-refractivity contribution in [3.8, 4) is 0 Å². The summed E-state index contributed by atoms with van der Waals surface area (Å²) in [6.07, 6.45) is 4.08. The van der Waals surface area contributed by atoms with Crippen molar-refractivity contribution in [1.82, 2.24) is 0 Å². The summed E-state index contributed by atoms with van der Waals surface area (Å²) in [5.41, 5.74) is 0. The molecule has 0 saturated heterocycles. The molecule has 0 aliphatic rings. The van der Waals surface area contributed by atoms with Gasteiger partial charge in [-0.05, 0) is 0 Å². The fourth-order valence-corrected chi connectivity index (χ4v) is 0.354. The predicted molar refractivity (Wildman–Crippen MR) is 33.0 cm³/mol. The minimum Gasteiger partial charge on any atom is -0.0776 e. The van der Waals surface area contributed by atoms with Crippen molar-refractivity contribution < 1.29 is 1.43 Å². The smallest absolute Gasteiger partial charge is 0.0776 e. The maximum atomic E-state index is 2.21. The first kappa shape index (κ1) is 9.38. The van der Waals surface area contributed by atoms with E-state index in [1.54, 1.807) is 0 Å². The van der Waals surface area contributed by atoms with Gasteiger partial charge in [-0.15, -0.1) is 0 Å². The van der Waals surface area contributed by atoms with Gasteiger partial charge in [-0.1, -0.05) is 40.5 Å². The Hall–Kier alpha value is 0. The van der Waals surface area contributed by atoms with Crippen molar-refractivity contribution in [2.24, 2.45) is 0 Å². The third-order valence-electron chi connectivity index (χ3n) is 0.707. The highest BCUT2D eigenvalue weighted by Crippen LogP contribution is 1.88. The minimum atomic E-state index is 0. The van der Waals surface area contributed by atoms with E-state index in [0.29, 0.717) is 0 Å². The van der Waals surface area contributed by atoms with Crippen LogP contribution >= 0.6 is 0 Å². The molecule has 0 bridgehead atoms. The Bertz CT molecular complexity index is 11.7.